The third-order valence-corrected chi connectivity index (χ3v) is 3.79. The van der Waals surface area contributed by atoms with Crippen LogP contribution in [-0.2, 0) is 0 Å². The number of ether oxygens (including phenoxy) is 1. The molecule has 4 heteroatoms. The minimum Gasteiger partial charge on any atom is -0.494 e. The summed E-state index contributed by atoms with van der Waals surface area (Å²) in [6, 6.07) is 4.70. The van der Waals surface area contributed by atoms with Gasteiger partial charge >= 0.3 is 0 Å². The highest BCUT2D eigenvalue weighted by Crippen LogP contribution is 2.27. The molecule has 0 bridgehead atoms. The standard InChI is InChI=1S/C16H22FNO2/c1-11(2)9-12-7-8-18(10-12)16(19)13-5-4-6-14(20-3)15(13)17/h4-6,11-12H,7-10H2,1-3H3/t12-/m0/s1. The van der Waals surface area contributed by atoms with E-state index in [1.54, 1.807) is 11.0 Å². The fraction of sp³-hybridized carbons (Fsp3) is 0.562. The summed E-state index contributed by atoms with van der Waals surface area (Å²) in [5, 5.41) is 0. The normalized spacial score (nSPS) is 18.6. The molecule has 2 rings (SSSR count). The summed E-state index contributed by atoms with van der Waals surface area (Å²) in [5.74, 6) is 0.491. The predicted octanol–water partition coefficient (Wildman–Crippen LogP) is 3.34. The number of likely N-dealkylation sites (tertiary alicyclic amines) is 1. The molecule has 0 unspecified atom stereocenters. The number of halogens is 1. The Hall–Kier alpha value is -1.58. The summed E-state index contributed by atoms with van der Waals surface area (Å²) in [5.41, 5.74) is 0.106. The van der Waals surface area contributed by atoms with Crippen molar-refractivity contribution < 1.29 is 13.9 Å². The van der Waals surface area contributed by atoms with Crippen LogP contribution >= 0.6 is 0 Å². The van der Waals surface area contributed by atoms with E-state index in [2.05, 4.69) is 13.8 Å². The molecule has 1 aromatic rings. The smallest absolute Gasteiger partial charge is 0.256 e. The van der Waals surface area contributed by atoms with Gasteiger partial charge in [0.2, 0.25) is 0 Å². The Morgan fingerprint density at radius 1 is 1.50 bits per heavy atom. The maximum Gasteiger partial charge on any atom is 0.256 e. The number of hydrogen-bond donors (Lipinski definition) is 0. The first-order valence-corrected chi connectivity index (χ1v) is 7.14. The van der Waals surface area contributed by atoms with Crippen molar-refractivity contribution in [1.29, 1.82) is 0 Å². The Morgan fingerprint density at radius 2 is 2.25 bits per heavy atom. The van der Waals surface area contributed by atoms with E-state index >= 15 is 0 Å². The number of benzene rings is 1. The first-order valence-electron chi connectivity index (χ1n) is 7.14. The van der Waals surface area contributed by atoms with E-state index in [0.29, 0.717) is 18.4 Å². The zero-order chi connectivity index (χ0) is 14.7. The lowest BCUT2D eigenvalue weighted by molar-refractivity contribution is 0.0780. The minimum atomic E-state index is -0.563. The minimum absolute atomic E-state index is 0.106. The molecule has 110 valence electrons. The highest BCUT2D eigenvalue weighted by Gasteiger charge is 2.29. The van der Waals surface area contributed by atoms with Gasteiger partial charge in [0.05, 0.1) is 12.7 Å². The van der Waals surface area contributed by atoms with Crippen LogP contribution in [0.1, 0.15) is 37.0 Å². The maximum absolute atomic E-state index is 14.1. The molecule has 0 N–H and O–H groups in total. The topological polar surface area (TPSA) is 29.5 Å². The van der Waals surface area contributed by atoms with Gasteiger partial charge in [0.25, 0.3) is 5.91 Å². The Balaban J connectivity index is 2.09. The second kappa shape index (κ2) is 6.25. The summed E-state index contributed by atoms with van der Waals surface area (Å²) in [6.45, 7) is 5.82. The average molecular weight is 279 g/mol. The SMILES string of the molecule is COc1cccc(C(=O)N2CC[C@@H](CC(C)C)C2)c1F. The Bertz CT molecular complexity index is 487. The second-order valence-corrected chi connectivity index (χ2v) is 5.86. The molecule has 0 saturated carbocycles. The monoisotopic (exact) mass is 279 g/mol. The van der Waals surface area contributed by atoms with Crippen LogP contribution in [0.3, 0.4) is 0 Å². The molecule has 1 aliphatic heterocycles. The average Bonchev–Trinajstić information content (AvgIpc) is 2.86. The molecule has 0 radical (unpaired) electrons. The fourth-order valence-electron chi connectivity index (χ4n) is 2.88. The highest BCUT2D eigenvalue weighted by molar-refractivity contribution is 5.95. The van der Waals surface area contributed by atoms with Crippen LogP contribution in [0.2, 0.25) is 0 Å². The predicted molar refractivity (Wildman–Crippen MR) is 76.4 cm³/mol. The van der Waals surface area contributed by atoms with E-state index in [1.165, 1.54) is 19.2 Å². The molecule has 1 saturated heterocycles. The summed E-state index contributed by atoms with van der Waals surface area (Å²) >= 11 is 0. The maximum atomic E-state index is 14.1. The van der Waals surface area contributed by atoms with Crippen LogP contribution in [0, 0.1) is 17.7 Å². The molecule has 0 aromatic heterocycles. The van der Waals surface area contributed by atoms with Crippen molar-refractivity contribution in [2.24, 2.45) is 11.8 Å². The lowest BCUT2D eigenvalue weighted by Gasteiger charge is -2.18. The molecule has 1 fully saturated rings. The molecule has 0 spiro atoms. The van der Waals surface area contributed by atoms with Crippen LogP contribution in [-0.4, -0.2) is 31.0 Å². The van der Waals surface area contributed by atoms with Gasteiger partial charge in [-0.15, -0.1) is 0 Å². The Kier molecular flexibility index (Phi) is 4.63. The molecule has 1 amide bonds. The van der Waals surface area contributed by atoms with Crippen molar-refractivity contribution in [2.75, 3.05) is 20.2 Å². The largest absolute Gasteiger partial charge is 0.494 e. The molecule has 20 heavy (non-hydrogen) atoms. The molecule has 3 nitrogen and oxygen atoms in total. The summed E-state index contributed by atoms with van der Waals surface area (Å²) in [7, 11) is 1.40. The van der Waals surface area contributed by atoms with Gasteiger partial charge in [0.1, 0.15) is 0 Å². The highest BCUT2D eigenvalue weighted by atomic mass is 19.1. The van der Waals surface area contributed by atoms with E-state index in [4.69, 9.17) is 4.74 Å². The third kappa shape index (κ3) is 3.11. The molecular formula is C16H22FNO2. The first kappa shape index (κ1) is 14.8. The number of rotatable bonds is 4. The third-order valence-electron chi connectivity index (χ3n) is 3.79. The Labute approximate surface area is 119 Å². The van der Waals surface area contributed by atoms with Gasteiger partial charge in [-0.3, -0.25) is 4.79 Å². The number of hydrogen-bond acceptors (Lipinski definition) is 2. The van der Waals surface area contributed by atoms with Crippen LogP contribution in [0.5, 0.6) is 5.75 Å². The number of carbonyl (C=O) groups is 1. The van der Waals surface area contributed by atoms with Crippen molar-refractivity contribution in [1.82, 2.24) is 4.90 Å². The number of carbonyl (C=O) groups excluding carboxylic acids is 1. The molecule has 1 aromatic carbocycles. The molecule has 1 aliphatic rings. The summed E-state index contributed by atoms with van der Waals surface area (Å²) in [6.07, 6.45) is 2.12. The van der Waals surface area contributed by atoms with E-state index < -0.39 is 5.82 Å². The zero-order valence-electron chi connectivity index (χ0n) is 12.4. The molecule has 0 aliphatic carbocycles. The van der Waals surface area contributed by atoms with Gasteiger partial charge in [-0.05, 0) is 36.8 Å². The van der Waals surface area contributed by atoms with Gasteiger partial charge in [-0.25, -0.2) is 4.39 Å². The van der Waals surface area contributed by atoms with E-state index in [-0.39, 0.29) is 17.2 Å². The summed E-state index contributed by atoms with van der Waals surface area (Å²) in [4.78, 5) is 14.2. The van der Waals surface area contributed by atoms with Crippen LogP contribution in [0.4, 0.5) is 4.39 Å². The van der Waals surface area contributed by atoms with Gasteiger partial charge in [0, 0.05) is 13.1 Å². The van der Waals surface area contributed by atoms with Gasteiger partial charge < -0.3 is 9.64 Å². The zero-order valence-corrected chi connectivity index (χ0v) is 12.4. The second-order valence-electron chi connectivity index (χ2n) is 5.86. The van der Waals surface area contributed by atoms with Crippen molar-refractivity contribution in [3.63, 3.8) is 0 Å². The van der Waals surface area contributed by atoms with Crippen molar-refractivity contribution in [3.05, 3.63) is 29.6 Å². The number of methoxy groups -OCH3 is 1. The van der Waals surface area contributed by atoms with Gasteiger partial charge in [0.15, 0.2) is 11.6 Å². The Morgan fingerprint density at radius 3 is 2.90 bits per heavy atom. The van der Waals surface area contributed by atoms with E-state index in [0.717, 1.165) is 19.4 Å². The van der Waals surface area contributed by atoms with Crippen molar-refractivity contribution >= 4 is 5.91 Å². The van der Waals surface area contributed by atoms with Crippen LogP contribution < -0.4 is 4.74 Å². The lowest BCUT2D eigenvalue weighted by atomic mass is 9.97. The van der Waals surface area contributed by atoms with Gasteiger partial charge in [-0.2, -0.15) is 0 Å². The van der Waals surface area contributed by atoms with E-state index in [1.807, 2.05) is 0 Å². The van der Waals surface area contributed by atoms with Crippen molar-refractivity contribution in [2.45, 2.75) is 26.7 Å². The molecule has 1 atom stereocenters. The number of nitrogens with zero attached hydrogens (tertiary/aromatic N) is 1. The van der Waals surface area contributed by atoms with Crippen LogP contribution in [0.15, 0.2) is 18.2 Å². The van der Waals surface area contributed by atoms with E-state index in [9.17, 15) is 9.18 Å². The quantitative estimate of drug-likeness (QED) is 0.846. The van der Waals surface area contributed by atoms with Crippen molar-refractivity contribution in [3.8, 4) is 5.75 Å². The molecular weight excluding hydrogens is 257 g/mol. The van der Waals surface area contributed by atoms with Gasteiger partial charge in [-0.1, -0.05) is 19.9 Å². The lowest BCUT2D eigenvalue weighted by Crippen LogP contribution is -2.29. The summed E-state index contributed by atoms with van der Waals surface area (Å²) < 4.78 is 19.0. The first-order chi connectivity index (χ1) is 9.52. The number of amides is 1. The van der Waals surface area contributed by atoms with Crippen LogP contribution in [0.25, 0.3) is 0 Å². The fourth-order valence-corrected chi connectivity index (χ4v) is 2.88. The molecule has 1 heterocycles.